The fourth-order valence-corrected chi connectivity index (χ4v) is 7.49. The zero-order valence-electron chi connectivity index (χ0n) is 19.8. The Labute approximate surface area is 223 Å². The van der Waals surface area contributed by atoms with Crippen molar-refractivity contribution >= 4 is 72.1 Å². The van der Waals surface area contributed by atoms with Crippen molar-refractivity contribution in [2.24, 2.45) is 0 Å². The lowest BCUT2D eigenvalue weighted by atomic mass is 10.1. The number of rotatable bonds is 3. The Morgan fingerprint density at radius 2 is 1.75 bits per heavy atom. The minimum atomic E-state index is -4.27. The molecular weight excluding hydrogens is 537 g/mol. The third-order valence-corrected chi connectivity index (χ3v) is 10.0. The van der Waals surface area contributed by atoms with Crippen molar-refractivity contribution in [1.29, 1.82) is 0 Å². The topological polar surface area (TPSA) is 101 Å². The number of hydrogen-bond donors (Lipinski definition) is 1. The van der Waals surface area contributed by atoms with Gasteiger partial charge in [-0.15, -0.1) is 4.58 Å². The minimum Gasteiger partial charge on any atom is -0.744 e. The van der Waals surface area contributed by atoms with E-state index >= 15 is 0 Å². The maximum atomic E-state index is 12.9. The second-order valence-electron chi connectivity index (χ2n) is 7.95. The summed E-state index contributed by atoms with van der Waals surface area (Å²) in [6, 6.07) is 18.4. The van der Waals surface area contributed by atoms with Crippen LogP contribution in [0.3, 0.4) is 0 Å². The number of aliphatic hydroxyl groups is 1. The molecule has 5 rings (SSSR count). The lowest BCUT2D eigenvalue weighted by Crippen LogP contribution is -2.24. The largest absolute Gasteiger partial charge is 0.744 e. The van der Waals surface area contributed by atoms with E-state index in [9.17, 15) is 22.9 Å². The number of hydrogen-bond acceptors (Lipinski definition) is 9. The van der Waals surface area contributed by atoms with Crippen LogP contribution in [0.2, 0.25) is 0 Å². The van der Waals surface area contributed by atoms with Crippen molar-refractivity contribution in [1.82, 2.24) is 0 Å². The summed E-state index contributed by atoms with van der Waals surface area (Å²) in [4.78, 5) is 16.7. The van der Waals surface area contributed by atoms with Crippen LogP contribution >= 0.6 is 35.3 Å². The molecule has 1 amide bonds. The molecule has 0 spiro atoms. The van der Waals surface area contributed by atoms with E-state index in [1.165, 1.54) is 39.6 Å². The predicted molar refractivity (Wildman–Crippen MR) is 148 cm³/mol. The molecule has 0 radical (unpaired) electrons. The molecule has 2 heterocycles. The molecule has 0 saturated carbocycles. The van der Waals surface area contributed by atoms with Gasteiger partial charge in [-0.25, -0.2) is 13.2 Å². The van der Waals surface area contributed by atoms with E-state index in [2.05, 4.69) is 29.2 Å². The molecule has 2 aliphatic rings. The standard InChI is InChI=1S/C18H17N2O2S3.C7H8O3S/c1-19-14-12-6-4-3-5-11(12)7-8-13(14)24-17(19)15-16(22)20(9-10-21)18(23-2)25-15;1-6-2-4-7(5-3-6)11(8,9)10/h3-8,21H,9-10H2,1-2H3;2-5H,1H3,(H,8,9,10)/q+1;/p-1/b17-15+;. The van der Waals surface area contributed by atoms with Crippen LogP contribution in [0.25, 0.3) is 10.8 Å². The van der Waals surface area contributed by atoms with Crippen LogP contribution in [0, 0.1) is 6.92 Å². The third kappa shape index (κ3) is 5.36. The van der Waals surface area contributed by atoms with E-state index in [-0.39, 0.29) is 17.4 Å². The summed E-state index contributed by atoms with van der Waals surface area (Å²) in [6.07, 6.45) is 1.96. The second kappa shape index (κ2) is 11.0. The molecule has 3 aromatic rings. The summed E-state index contributed by atoms with van der Waals surface area (Å²) >= 11 is 4.70. The first kappa shape index (κ1) is 26.8. The van der Waals surface area contributed by atoms with Crippen LogP contribution in [0.5, 0.6) is 0 Å². The summed E-state index contributed by atoms with van der Waals surface area (Å²) in [7, 11) is -2.25. The highest BCUT2D eigenvalue weighted by molar-refractivity contribution is 8.40. The maximum Gasteiger partial charge on any atom is 0.430 e. The fraction of sp³-hybridized carbons (Fsp3) is 0.200. The molecule has 7 nitrogen and oxygen atoms in total. The van der Waals surface area contributed by atoms with Crippen molar-refractivity contribution < 1.29 is 27.4 Å². The fourth-order valence-electron chi connectivity index (χ4n) is 3.81. The number of carbonyl (C=O) groups is 1. The van der Waals surface area contributed by atoms with Crippen molar-refractivity contribution in [3.8, 4) is 0 Å². The first-order valence-electron chi connectivity index (χ1n) is 10.9. The average molecular weight is 561 g/mol. The molecule has 0 atom stereocenters. The van der Waals surface area contributed by atoms with Gasteiger partial charge in [0.05, 0.1) is 10.6 Å². The van der Waals surface area contributed by atoms with Crippen LogP contribution in [-0.4, -0.2) is 59.4 Å². The molecule has 0 aliphatic carbocycles. The number of aliphatic hydroxyl groups excluding tert-OH is 1. The van der Waals surface area contributed by atoms with Crippen molar-refractivity contribution in [3.05, 3.63) is 76.2 Å². The monoisotopic (exact) mass is 560 g/mol. The molecular formula is C25H24N2O5S4. The second-order valence-corrected chi connectivity index (χ2v) is 12.4. The summed E-state index contributed by atoms with van der Waals surface area (Å²) in [5.74, 6) is -0.0186. The quantitative estimate of drug-likeness (QED) is 0.283. The number of thioether (sulfide) groups is 3. The zero-order chi connectivity index (χ0) is 26.0. The minimum absolute atomic E-state index is 0.0186. The number of aryl methyl sites for hydroxylation is 1. The van der Waals surface area contributed by atoms with Gasteiger partial charge >= 0.3 is 5.91 Å². The molecule has 0 bridgehead atoms. The number of benzene rings is 3. The van der Waals surface area contributed by atoms with Crippen LogP contribution in [0.4, 0.5) is 5.69 Å². The van der Waals surface area contributed by atoms with E-state index in [4.69, 9.17) is 0 Å². The van der Waals surface area contributed by atoms with Gasteiger partial charge in [0.1, 0.15) is 21.8 Å². The molecule has 2 aliphatic heterocycles. The highest BCUT2D eigenvalue weighted by Crippen LogP contribution is 2.52. The van der Waals surface area contributed by atoms with Crippen LogP contribution in [-0.2, 0) is 14.9 Å². The predicted octanol–water partition coefficient (Wildman–Crippen LogP) is 4.45. The molecule has 11 heteroatoms. The van der Waals surface area contributed by atoms with Gasteiger partial charge in [0, 0.05) is 29.1 Å². The highest BCUT2D eigenvalue weighted by atomic mass is 32.2. The Kier molecular flexibility index (Phi) is 8.18. The van der Waals surface area contributed by atoms with Gasteiger partial charge in [0.2, 0.25) is 0 Å². The number of nitrogens with zero attached hydrogens (tertiary/aromatic N) is 2. The number of carbonyl (C=O) groups excluding carboxylic acids is 1. The van der Waals surface area contributed by atoms with Crippen molar-refractivity contribution in [3.63, 3.8) is 0 Å². The molecule has 0 saturated heterocycles. The number of fused-ring (bicyclic) bond motifs is 3. The smallest absolute Gasteiger partial charge is 0.430 e. The lowest BCUT2D eigenvalue weighted by Gasteiger charge is -2.16. The number of anilines is 1. The van der Waals surface area contributed by atoms with E-state index < -0.39 is 10.1 Å². The van der Waals surface area contributed by atoms with Gasteiger partial charge in [-0.3, -0.25) is 0 Å². The average Bonchev–Trinajstić information content (AvgIpc) is 3.36. The molecule has 36 heavy (non-hydrogen) atoms. The Bertz CT molecular complexity index is 1500. The van der Waals surface area contributed by atoms with Crippen LogP contribution < -0.4 is 4.90 Å². The van der Waals surface area contributed by atoms with Gasteiger partial charge in [0.15, 0.2) is 11.4 Å². The SMILES string of the molecule is CSC1=[N+](CCO)C(=O)/C(=C2\Sc3ccc4ccccc4c3N2C)S1.Cc1ccc(S(=O)(=O)[O-])cc1. The number of amides is 1. The normalized spacial score (nSPS) is 17.5. The first-order valence-corrected chi connectivity index (χ1v) is 15.1. The first-order chi connectivity index (χ1) is 17.2. The van der Waals surface area contributed by atoms with Gasteiger partial charge in [-0.1, -0.05) is 71.6 Å². The molecule has 188 valence electrons. The van der Waals surface area contributed by atoms with Crippen LogP contribution in [0.1, 0.15) is 5.56 Å². The highest BCUT2D eigenvalue weighted by Gasteiger charge is 2.42. The Morgan fingerprint density at radius 3 is 2.39 bits per heavy atom. The number of β-amino-alcohol motifs (C(OH)–C–C–N with tert-alkyl or cyclic N) is 1. The van der Waals surface area contributed by atoms with Crippen LogP contribution in [0.15, 0.2) is 80.4 Å². The zero-order valence-corrected chi connectivity index (χ0v) is 23.1. The summed E-state index contributed by atoms with van der Waals surface area (Å²) < 4.78 is 33.8. The van der Waals surface area contributed by atoms with E-state index in [0.717, 1.165) is 25.6 Å². The van der Waals surface area contributed by atoms with Crippen molar-refractivity contribution in [2.45, 2.75) is 16.7 Å². The van der Waals surface area contributed by atoms with Gasteiger partial charge in [0.25, 0.3) is 4.38 Å². The molecule has 3 aromatic carbocycles. The van der Waals surface area contributed by atoms with E-state index in [1.54, 1.807) is 40.2 Å². The Balaban J connectivity index is 0.000000233. The maximum absolute atomic E-state index is 12.9. The lowest BCUT2D eigenvalue weighted by molar-refractivity contribution is -0.440. The summed E-state index contributed by atoms with van der Waals surface area (Å²) in [5, 5.41) is 12.6. The Morgan fingerprint density at radius 1 is 1.06 bits per heavy atom. The van der Waals surface area contributed by atoms with Gasteiger partial charge < -0.3 is 14.6 Å². The molecule has 1 N–H and O–H groups in total. The van der Waals surface area contributed by atoms with Gasteiger partial charge in [-0.2, -0.15) is 0 Å². The summed E-state index contributed by atoms with van der Waals surface area (Å²) in [6.45, 7) is 2.12. The van der Waals surface area contributed by atoms with Gasteiger partial charge in [-0.05, 0) is 36.8 Å². The third-order valence-electron chi connectivity index (χ3n) is 5.56. The van der Waals surface area contributed by atoms with E-state index in [0.29, 0.717) is 6.54 Å². The van der Waals surface area contributed by atoms with E-state index in [1.807, 2.05) is 32.4 Å². The Hall–Kier alpha value is -2.28. The summed E-state index contributed by atoms with van der Waals surface area (Å²) in [5.41, 5.74) is 2.09. The molecule has 0 aromatic heterocycles. The molecule has 0 unspecified atom stereocenters. The van der Waals surface area contributed by atoms with Crippen molar-refractivity contribution in [2.75, 3.05) is 31.4 Å². The molecule has 0 fully saturated rings.